The van der Waals surface area contributed by atoms with E-state index in [1.807, 2.05) is 24.3 Å². The maximum absolute atomic E-state index is 6.74. The summed E-state index contributed by atoms with van der Waals surface area (Å²) in [6.07, 6.45) is 2.09. The Morgan fingerprint density at radius 3 is 1.82 bits per heavy atom. The molecule has 4 heteroatoms. The molecule has 2 aromatic heterocycles. The molecule has 0 radical (unpaired) electrons. The number of rotatable bonds is 2. The van der Waals surface area contributed by atoms with E-state index in [2.05, 4.69) is 118 Å². The van der Waals surface area contributed by atoms with Crippen LogP contribution in [0.5, 0.6) is 23.1 Å². The first-order valence-electron chi connectivity index (χ1n) is 13.6. The Morgan fingerprint density at radius 1 is 0.525 bits per heavy atom. The van der Waals surface area contributed by atoms with Gasteiger partial charge < -0.3 is 14.0 Å². The average Bonchev–Trinajstić information content (AvgIpc) is 3.53. The molecule has 0 atom stereocenters. The average molecular weight is 516 g/mol. The van der Waals surface area contributed by atoms with Crippen LogP contribution in [0, 0.1) is 0 Å². The van der Waals surface area contributed by atoms with E-state index >= 15 is 0 Å². The van der Waals surface area contributed by atoms with Crippen molar-refractivity contribution in [2.45, 2.75) is 6.04 Å². The van der Waals surface area contributed by atoms with Gasteiger partial charge in [-0.05, 0) is 41.5 Å². The number of ether oxygens (including phenoxy) is 2. The summed E-state index contributed by atoms with van der Waals surface area (Å²) < 4.78 is 18.0. The van der Waals surface area contributed by atoms with Crippen molar-refractivity contribution in [1.82, 2.24) is 4.57 Å². The maximum atomic E-state index is 6.74. The van der Waals surface area contributed by atoms with Crippen LogP contribution in [0.15, 0.2) is 134 Å². The number of pyridine rings is 1. The van der Waals surface area contributed by atoms with Gasteiger partial charge in [-0.2, -0.15) is 4.57 Å². The molecule has 5 aromatic carbocycles. The van der Waals surface area contributed by atoms with Crippen molar-refractivity contribution in [2.24, 2.45) is 0 Å². The van der Waals surface area contributed by atoms with Crippen LogP contribution in [0.3, 0.4) is 0 Å². The summed E-state index contributed by atoms with van der Waals surface area (Å²) in [4.78, 5) is 0. The fourth-order valence-electron chi connectivity index (χ4n) is 6.56. The first kappa shape index (κ1) is 21.6. The number of aromatic nitrogens is 2. The number of para-hydroxylation sites is 3. The van der Waals surface area contributed by atoms with Gasteiger partial charge in [0, 0.05) is 28.0 Å². The summed E-state index contributed by atoms with van der Waals surface area (Å²) in [5.74, 6) is 2.81. The highest BCUT2D eigenvalue weighted by atomic mass is 16.6. The Labute approximate surface area is 230 Å². The molecule has 0 N–H and O–H groups in total. The molecule has 1 aliphatic heterocycles. The molecular formula is C36H23N2O2+. The van der Waals surface area contributed by atoms with Gasteiger partial charge in [0.25, 0.3) is 0 Å². The number of nitrogens with zero attached hydrogens (tertiary/aromatic N) is 2. The lowest BCUT2D eigenvalue weighted by Gasteiger charge is -2.23. The molecule has 1 aliphatic carbocycles. The van der Waals surface area contributed by atoms with E-state index in [1.54, 1.807) is 0 Å². The van der Waals surface area contributed by atoms with E-state index in [4.69, 9.17) is 9.47 Å². The summed E-state index contributed by atoms with van der Waals surface area (Å²) in [5.41, 5.74) is 8.26. The Hall–Kier alpha value is -5.35. The van der Waals surface area contributed by atoms with Gasteiger partial charge in [-0.25, -0.2) is 0 Å². The monoisotopic (exact) mass is 515 g/mol. The Morgan fingerprint density at radius 2 is 1.12 bits per heavy atom. The molecule has 0 fully saturated rings. The molecular weight excluding hydrogens is 492 g/mol. The van der Waals surface area contributed by atoms with E-state index in [0.29, 0.717) is 23.1 Å². The lowest BCUT2D eigenvalue weighted by Crippen LogP contribution is -2.41. The van der Waals surface area contributed by atoms with Gasteiger partial charge in [0.15, 0.2) is 17.7 Å². The third-order valence-electron chi connectivity index (χ3n) is 8.22. The molecule has 0 saturated heterocycles. The number of hydrogen-bond donors (Lipinski definition) is 0. The largest absolute Gasteiger partial charge is 0.440 e. The number of hydrogen-bond acceptors (Lipinski definition) is 2. The lowest BCUT2D eigenvalue weighted by atomic mass is 10.0. The van der Waals surface area contributed by atoms with Gasteiger partial charge in [0.05, 0.1) is 16.7 Å². The van der Waals surface area contributed by atoms with Crippen molar-refractivity contribution in [2.75, 3.05) is 0 Å². The second kappa shape index (κ2) is 8.08. The topological polar surface area (TPSA) is 27.3 Å². The van der Waals surface area contributed by atoms with Crippen LogP contribution in [0.1, 0.15) is 17.2 Å². The van der Waals surface area contributed by atoms with Crippen LogP contribution in [0.25, 0.3) is 38.6 Å². The van der Waals surface area contributed by atoms with Crippen LogP contribution < -0.4 is 14.0 Å². The summed E-state index contributed by atoms with van der Waals surface area (Å²) in [7, 11) is 0. The third kappa shape index (κ3) is 2.88. The van der Waals surface area contributed by atoms with Crippen molar-refractivity contribution < 1.29 is 14.0 Å². The van der Waals surface area contributed by atoms with Crippen molar-refractivity contribution in [1.29, 1.82) is 0 Å². The van der Waals surface area contributed by atoms with Gasteiger partial charge in [0.2, 0.25) is 11.8 Å². The van der Waals surface area contributed by atoms with Gasteiger partial charge in [0.1, 0.15) is 0 Å². The van der Waals surface area contributed by atoms with Crippen LogP contribution in [-0.2, 0) is 0 Å². The summed E-state index contributed by atoms with van der Waals surface area (Å²) >= 11 is 0. The van der Waals surface area contributed by atoms with Crippen molar-refractivity contribution in [3.8, 4) is 39.9 Å². The van der Waals surface area contributed by atoms with Crippen LogP contribution in [-0.4, -0.2) is 4.57 Å². The second-order valence-corrected chi connectivity index (χ2v) is 10.3. The molecule has 0 bridgehead atoms. The molecule has 0 spiro atoms. The number of fused-ring (bicyclic) bond motifs is 8. The van der Waals surface area contributed by atoms with Gasteiger partial charge >= 0.3 is 5.88 Å². The molecule has 0 unspecified atom stereocenters. The van der Waals surface area contributed by atoms with Crippen molar-refractivity contribution in [3.63, 3.8) is 0 Å². The number of benzene rings is 5. The Kier molecular flexibility index (Phi) is 4.35. The van der Waals surface area contributed by atoms with Crippen molar-refractivity contribution in [3.05, 3.63) is 145 Å². The van der Waals surface area contributed by atoms with Crippen molar-refractivity contribution >= 4 is 21.8 Å². The van der Waals surface area contributed by atoms with E-state index in [9.17, 15) is 0 Å². The van der Waals surface area contributed by atoms with Crippen LogP contribution in [0.4, 0.5) is 0 Å². The van der Waals surface area contributed by atoms with E-state index in [-0.39, 0.29) is 6.04 Å². The molecule has 0 saturated carbocycles. The fourth-order valence-corrected chi connectivity index (χ4v) is 6.56. The van der Waals surface area contributed by atoms with Crippen LogP contribution >= 0.6 is 0 Å². The summed E-state index contributed by atoms with van der Waals surface area (Å²) in [6.45, 7) is 0. The molecule has 3 heterocycles. The van der Waals surface area contributed by atoms with Crippen LogP contribution in [0.2, 0.25) is 0 Å². The third-order valence-corrected chi connectivity index (χ3v) is 8.22. The SMILES string of the molecule is c1ccc2c(c1)-c1ccccc1C2[n+]1cccc2c1Oc1cccc(-n3c4ccccc4c4ccccc43)c1O2. The van der Waals surface area contributed by atoms with E-state index in [0.717, 1.165) is 16.7 Å². The minimum Gasteiger partial charge on any atom is -0.440 e. The van der Waals surface area contributed by atoms with E-state index < -0.39 is 0 Å². The standard InChI is InChI=1S/C36H23N2O2/c1-3-15-27-23(11-1)24-12-2-4-16-28(24)34(27)37-22-10-21-33-36(37)40-32-20-9-19-31(35(32)39-33)38-29-17-7-5-13-25(29)26-14-6-8-18-30(26)38/h1-22,34H/q+1. The van der Waals surface area contributed by atoms with E-state index in [1.165, 1.54) is 33.0 Å². The first-order valence-corrected chi connectivity index (χ1v) is 13.6. The fraction of sp³-hybridized carbons (Fsp3) is 0.0278. The molecule has 7 aromatic rings. The summed E-state index contributed by atoms with van der Waals surface area (Å²) in [5, 5.41) is 2.42. The summed E-state index contributed by atoms with van der Waals surface area (Å²) in [6, 6.07) is 44.4. The normalized spacial score (nSPS) is 13.3. The minimum atomic E-state index is -0.00646. The zero-order chi connectivity index (χ0) is 26.2. The predicted molar refractivity (Wildman–Crippen MR) is 157 cm³/mol. The molecule has 9 rings (SSSR count). The Balaban J connectivity index is 1.23. The van der Waals surface area contributed by atoms with Gasteiger partial charge in [-0.1, -0.05) is 91.0 Å². The van der Waals surface area contributed by atoms with Gasteiger partial charge in [-0.3, -0.25) is 0 Å². The Bertz CT molecular complexity index is 2040. The maximum Gasteiger partial charge on any atom is 0.418 e. The molecule has 40 heavy (non-hydrogen) atoms. The predicted octanol–water partition coefficient (Wildman–Crippen LogP) is 8.59. The highest BCUT2D eigenvalue weighted by Gasteiger charge is 2.40. The second-order valence-electron chi connectivity index (χ2n) is 10.3. The lowest BCUT2D eigenvalue weighted by molar-refractivity contribution is -0.708. The zero-order valence-corrected chi connectivity index (χ0v) is 21.5. The highest BCUT2D eigenvalue weighted by molar-refractivity contribution is 6.09. The molecule has 0 amide bonds. The molecule has 4 nitrogen and oxygen atoms in total. The minimum absolute atomic E-state index is 0.00646. The quantitative estimate of drug-likeness (QED) is 0.216. The molecule has 2 aliphatic rings. The molecule has 188 valence electrons. The highest BCUT2D eigenvalue weighted by Crippen LogP contribution is 2.50. The zero-order valence-electron chi connectivity index (χ0n) is 21.5. The van der Waals surface area contributed by atoms with Gasteiger partial charge in [-0.15, -0.1) is 0 Å². The first-order chi connectivity index (χ1) is 19.9. The smallest absolute Gasteiger partial charge is 0.418 e.